The van der Waals surface area contributed by atoms with Gasteiger partial charge in [0.15, 0.2) is 15.7 Å². The number of rotatable bonds is 5. The van der Waals surface area contributed by atoms with E-state index in [0.717, 1.165) is 11.5 Å². The lowest BCUT2D eigenvalue weighted by Crippen LogP contribution is -2.16. The summed E-state index contributed by atoms with van der Waals surface area (Å²) in [6.45, 7) is 3.41. The monoisotopic (exact) mass is 265 g/mol. The molecule has 0 aliphatic carbocycles. The molecule has 1 atom stereocenters. The average molecular weight is 265 g/mol. The predicted octanol–water partition coefficient (Wildman–Crippen LogP) is 0.312. The summed E-state index contributed by atoms with van der Waals surface area (Å²) in [6, 6.07) is 0. The third-order valence-electron chi connectivity index (χ3n) is 1.92. The van der Waals surface area contributed by atoms with Crippen molar-refractivity contribution < 1.29 is 13.5 Å². The summed E-state index contributed by atoms with van der Waals surface area (Å²) >= 11 is 0.984. The zero-order valence-electron chi connectivity index (χ0n) is 9.10. The van der Waals surface area contributed by atoms with Crippen LogP contribution in [0.2, 0.25) is 0 Å². The fourth-order valence-electron chi connectivity index (χ4n) is 1.09. The second-order valence-electron chi connectivity index (χ2n) is 3.36. The molecule has 0 fully saturated rings. The van der Waals surface area contributed by atoms with Gasteiger partial charge in [0.1, 0.15) is 9.90 Å². The quantitative estimate of drug-likeness (QED) is 0.707. The molecule has 1 aromatic heterocycles. The minimum Gasteiger partial charge on any atom is -0.392 e. The molecule has 0 amide bonds. The highest BCUT2D eigenvalue weighted by Crippen LogP contribution is 2.32. The Hall–Kier alpha value is -0.860. The van der Waals surface area contributed by atoms with E-state index in [0.29, 0.717) is 5.00 Å². The molecule has 0 aromatic carbocycles. The van der Waals surface area contributed by atoms with Crippen molar-refractivity contribution in [2.45, 2.75) is 24.8 Å². The van der Waals surface area contributed by atoms with E-state index in [1.165, 1.54) is 0 Å². The van der Waals surface area contributed by atoms with E-state index in [4.69, 9.17) is 10.8 Å². The number of aliphatic hydroxyl groups is 1. The lowest BCUT2D eigenvalue weighted by atomic mass is 10.4. The predicted molar refractivity (Wildman–Crippen MR) is 64.4 cm³/mol. The van der Waals surface area contributed by atoms with Crippen LogP contribution in [0.3, 0.4) is 0 Å². The van der Waals surface area contributed by atoms with Crippen LogP contribution in [0.4, 0.5) is 10.8 Å². The Balaban J connectivity index is 3.04. The number of sulfone groups is 1. The molecule has 0 spiro atoms. The highest BCUT2D eigenvalue weighted by Gasteiger charge is 2.23. The van der Waals surface area contributed by atoms with E-state index in [1.54, 1.807) is 13.8 Å². The number of nitrogen functional groups attached to an aromatic ring is 1. The Labute approximate surface area is 98.6 Å². The van der Waals surface area contributed by atoms with Crippen LogP contribution in [0, 0.1) is 0 Å². The Morgan fingerprint density at radius 3 is 2.75 bits per heavy atom. The normalized spacial score (nSPS) is 13.7. The summed E-state index contributed by atoms with van der Waals surface area (Å²) in [5.41, 5.74) is 5.53. The number of nitrogens with one attached hydrogen (secondary N) is 1. The molecule has 8 heteroatoms. The lowest BCUT2D eigenvalue weighted by molar-refractivity contribution is 0.208. The average Bonchev–Trinajstić information content (AvgIpc) is 2.57. The Morgan fingerprint density at radius 2 is 2.25 bits per heavy atom. The molecular weight excluding hydrogens is 250 g/mol. The van der Waals surface area contributed by atoms with E-state index >= 15 is 0 Å². The van der Waals surface area contributed by atoms with Gasteiger partial charge in [-0.05, 0) is 18.5 Å². The van der Waals surface area contributed by atoms with E-state index in [2.05, 4.69) is 9.69 Å². The number of aliphatic hydroxyl groups excluding tert-OH is 1. The highest BCUT2D eigenvalue weighted by atomic mass is 32.2. The van der Waals surface area contributed by atoms with Gasteiger partial charge in [0.25, 0.3) is 0 Å². The van der Waals surface area contributed by atoms with Gasteiger partial charge in [-0.3, -0.25) is 0 Å². The molecule has 0 saturated carbocycles. The van der Waals surface area contributed by atoms with Crippen LogP contribution >= 0.6 is 11.5 Å². The first-order valence-corrected chi connectivity index (χ1v) is 7.21. The molecule has 1 unspecified atom stereocenters. The van der Waals surface area contributed by atoms with Crippen molar-refractivity contribution in [2.75, 3.05) is 23.3 Å². The van der Waals surface area contributed by atoms with Gasteiger partial charge in [0.2, 0.25) is 0 Å². The molecule has 4 N–H and O–H groups in total. The number of nitrogens with zero attached hydrogens (tertiary/aromatic N) is 1. The van der Waals surface area contributed by atoms with Crippen LogP contribution < -0.4 is 11.1 Å². The largest absolute Gasteiger partial charge is 0.392 e. The van der Waals surface area contributed by atoms with Crippen molar-refractivity contribution in [2.24, 2.45) is 0 Å². The fourth-order valence-corrected chi connectivity index (χ4v) is 3.27. The maximum Gasteiger partial charge on any atom is 0.184 e. The summed E-state index contributed by atoms with van der Waals surface area (Å²) in [5.74, 6) is -0.0150. The first-order valence-electron chi connectivity index (χ1n) is 4.78. The maximum absolute atomic E-state index is 11.7. The minimum atomic E-state index is -3.39. The van der Waals surface area contributed by atoms with Gasteiger partial charge < -0.3 is 16.2 Å². The lowest BCUT2D eigenvalue weighted by Gasteiger charge is -2.08. The summed E-state index contributed by atoms with van der Waals surface area (Å²) in [7, 11) is -3.39. The third kappa shape index (κ3) is 2.83. The van der Waals surface area contributed by atoms with E-state index in [-0.39, 0.29) is 23.0 Å². The van der Waals surface area contributed by atoms with Gasteiger partial charge in [-0.1, -0.05) is 6.92 Å². The molecule has 0 saturated heterocycles. The molecule has 0 aliphatic rings. The van der Waals surface area contributed by atoms with Crippen molar-refractivity contribution in [3.8, 4) is 0 Å². The van der Waals surface area contributed by atoms with Crippen LogP contribution in [0.25, 0.3) is 0 Å². The number of aromatic nitrogens is 1. The van der Waals surface area contributed by atoms with Gasteiger partial charge in [-0.25, -0.2) is 8.42 Å². The molecule has 0 bridgehead atoms. The van der Waals surface area contributed by atoms with Crippen molar-refractivity contribution >= 4 is 32.2 Å². The van der Waals surface area contributed by atoms with Crippen molar-refractivity contribution in [1.29, 1.82) is 0 Å². The number of hydrogen-bond donors (Lipinski definition) is 3. The number of anilines is 2. The van der Waals surface area contributed by atoms with Crippen LogP contribution in [0.1, 0.15) is 13.8 Å². The smallest absolute Gasteiger partial charge is 0.184 e. The number of nitrogens with two attached hydrogens (primary N) is 1. The molecule has 16 heavy (non-hydrogen) atoms. The molecule has 0 radical (unpaired) electrons. The molecule has 6 nitrogen and oxygen atoms in total. The maximum atomic E-state index is 11.7. The minimum absolute atomic E-state index is 0.0138. The van der Waals surface area contributed by atoms with Crippen LogP contribution in [-0.2, 0) is 9.84 Å². The highest BCUT2D eigenvalue weighted by molar-refractivity contribution is 7.91. The van der Waals surface area contributed by atoms with E-state index in [1.807, 2.05) is 0 Å². The molecule has 1 heterocycles. The van der Waals surface area contributed by atoms with Gasteiger partial charge in [0, 0.05) is 6.54 Å². The zero-order valence-corrected chi connectivity index (χ0v) is 10.7. The Kier molecular flexibility index (Phi) is 4.11. The standard InChI is InChI=1S/C8H15N3O3S2/c1-3-16(13,14)6-7(9)11-15-8(6)10-4-5(2)12/h5,10,12H,3-4H2,1-2H3,(H2,9,11). The van der Waals surface area contributed by atoms with Crippen molar-refractivity contribution in [1.82, 2.24) is 4.37 Å². The molecule has 92 valence electrons. The fraction of sp³-hybridized carbons (Fsp3) is 0.625. The van der Waals surface area contributed by atoms with Gasteiger partial charge >= 0.3 is 0 Å². The van der Waals surface area contributed by atoms with E-state index < -0.39 is 15.9 Å². The van der Waals surface area contributed by atoms with Gasteiger partial charge in [-0.2, -0.15) is 4.37 Å². The first kappa shape index (κ1) is 13.2. The van der Waals surface area contributed by atoms with E-state index in [9.17, 15) is 8.42 Å². The Morgan fingerprint density at radius 1 is 1.62 bits per heavy atom. The van der Waals surface area contributed by atoms with Crippen molar-refractivity contribution in [3.05, 3.63) is 0 Å². The zero-order chi connectivity index (χ0) is 12.3. The summed E-state index contributed by atoms with van der Waals surface area (Å²) < 4.78 is 27.3. The second kappa shape index (κ2) is 4.98. The van der Waals surface area contributed by atoms with Crippen LogP contribution in [0.15, 0.2) is 4.90 Å². The third-order valence-corrected chi connectivity index (χ3v) is 4.67. The van der Waals surface area contributed by atoms with Crippen LogP contribution in [0.5, 0.6) is 0 Å². The molecule has 0 aliphatic heterocycles. The molecule has 1 aromatic rings. The number of hydrogen-bond acceptors (Lipinski definition) is 7. The van der Waals surface area contributed by atoms with Crippen molar-refractivity contribution in [3.63, 3.8) is 0 Å². The SMILES string of the molecule is CCS(=O)(=O)c1c(N)nsc1NCC(C)O. The summed E-state index contributed by atoms with van der Waals surface area (Å²) in [5, 5.41) is 12.3. The molecular formula is C8H15N3O3S2. The molecule has 1 rings (SSSR count). The second-order valence-corrected chi connectivity index (χ2v) is 6.35. The summed E-state index contributed by atoms with van der Waals surface area (Å²) in [4.78, 5) is 0.0423. The Bertz CT molecular complexity index is 453. The van der Waals surface area contributed by atoms with Gasteiger partial charge in [0.05, 0.1) is 11.9 Å². The topological polar surface area (TPSA) is 105 Å². The van der Waals surface area contributed by atoms with Crippen LogP contribution in [-0.4, -0.2) is 36.3 Å². The summed E-state index contributed by atoms with van der Waals surface area (Å²) in [6.07, 6.45) is -0.569. The van der Waals surface area contributed by atoms with Gasteiger partial charge in [-0.15, -0.1) is 0 Å². The first-order chi connectivity index (χ1) is 7.38.